The first-order valence-electron chi connectivity index (χ1n) is 6.97. The lowest BCUT2D eigenvalue weighted by Gasteiger charge is -2.24. The lowest BCUT2D eigenvalue weighted by Crippen LogP contribution is -2.25. The van der Waals surface area contributed by atoms with Gasteiger partial charge in [0.05, 0.1) is 12.2 Å². The summed E-state index contributed by atoms with van der Waals surface area (Å²) in [5, 5.41) is 19.8. The number of nitrogens with zero attached hydrogens (tertiary/aromatic N) is 1. The number of hydrogen-bond acceptors (Lipinski definition) is 3. The van der Waals surface area contributed by atoms with Crippen LogP contribution in [0.4, 0.5) is 10.1 Å². The number of rotatable bonds is 2. The van der Waals surface area contributed by atoms with Crippen molar-refractivity contribution < 1.29 is 14.6 Å². The molecule has 4 unspecified atom stereocenters. The SMILES string of the molecule is CC(O)c1cc(F)ccc1N1CC2CCC(O)C2C1. The Morgan fingerprint density at radius 3 is 2.79 bits per heavy atom. The minimum Gasteiger partial charge on any atom is -0.393 e. The molecule has 1 aromatic carbocycles. The summed E-state index contributed by atoms with van der Waals surface area (Å²) in [7, 11) is 0. The maximum atomic E-state index is 13.3. The number of benzene rings is 1. The van der Waals surface area contributed by atoms with E-state index in [0.717, 1.165) is 31.6 Å². The summed E-state index contributed by atoms with van der Waals surface area (Å²) >= 11 is 0. The van der Waals surface area contributed by atoms with Gasteiger partial charge in [0.15, 0.2) is 0 Å². The fraction of sp³-hybridized carbons (Fsp3) is 0.600. The van der Waals surface area contributed by atoms with Gasteiger partial charge in [-0.1, -0.05) is 0 Å². The van der Waals surface area contributed by atoms with Gasteiger partial charge in [-0.05, 0) is 43.9 Å². The van der Waals surface area contributed by atoms with E-state index in [0.29, 0.717) is 17.4 Å². The van der Waals surface area contributed by atoms with Crippen molar-refractivity contribution in [3.8, 4) is 0 Å². The van der Waals surface area contributed by atoms with E-state index >= 15 is 0 Å². The number of anilines is 1. The Morgan fingerprint density at radius 1 is 1.32 bits per heavy atom. The van der Waals surface area contributed by atoms with Crippen LogP contribution in [0.2, 0.25) is 0 Å². The number of aliphatic hydroxyl groups excluding tert-OH is 2. The van der Waals surface area contributed by atoms with Crippen LogP contribution in [0.15, 0.2) is 18.2 Å². The molecule has 2 fully saturated rings. The zero-order valence-electron chi connectivity index (χ0n) is 11.1. The van der Waals surface area contributed by atoms with Crippen molar-refractivity contribution in [2.24, 2.45) is 11.8 Å². The van der Waals surface area contributed by atoms with E-state index in [1.807, 2.05) is 0 Å². The predicted octanol–water partition coefficient (Wildman–Crippen LogP) is 2.09. The summed E-state index contributed by atoms with van der Waals surface area (Å²) in [5.74, 6) is 0.535. The monoisotopic (exact) mass is 265 g/mol. The second-order valence-electron chi connectivity index (χ2n) is 5.85. The van der Waals surface area contributed by atoms with Crippen LogP contribution in [0, 0.1) is 17.7 Å². The molecule has 1 saturated carbocycles. The summed E-state index contributed by atoms with van der Waals surface area (Å²) in [4.78, 5) is 2.18. The lowest BCUT2D eigenvalue weighted by molar-refractivity contribution is 0.133. The van der Waals surface area contributed by atoms with Gasteiger partial charge in [-0.3, -0.25) is 0 Å². The van der Waals surface area contributed by atoms with Gasteiger partial charge in [0.25, 0.3) is 0 Å². The van der Waals surface area contributed by atoms with Gasteiger partial charge in [0.1, 0.15) is 5.82 Å². The Bertz CT molecular complexity index is 477. The highest BCUT2D eigenvalue weighted by molar-refractivity contribution is 5.56. The molecule has 0 amide bonds. The lowest BCUT2D eigenvalue weighted by atomic mass is 10.00. The second kappa shape index (κ2) is 4.76. The molecule has 2 N–H and O–H groups in total. The molecule has 0 aromatic heterocycles. The van der Waals surface area contributed by atoms with Gasteiger partial charge in [-0.15, -0.1) is 0 Å². The minimum atomic E-state index is -0.684. The summed E-state index contributed by atoms with van der Waals surface area (Å²) in [6, 6.07) is 4.58. The van der Waals surface area contributed by atoms with Crippen LogP contribution in [0.3, 0.4) is 0 Å². The first kappa shape index (κ1) is 12.9. The number of fused-ring (bicyclic) bond motifs is 1. The van der Waals surface area contributed by atoms with E-state index < -0.39 is 6.10 Å². The summed E-state index contributed by atoms with van der Waals surface area (Å²) in [6.45, 7) is 3.36. The molecule has 0 bridgehead atoms. The van der Waals surface area contributed by atoms with E-state index in [-0.39, 0.29) is 11.9 Å². The molecule has 1 aliphatic carbocycles. The van der Waals surface area contributed by atoms with Crippen molar-refractivity contribution >= 4 is 5.69 Å². The van der Waals surface area contributed by atoms with Crippen molar-refractivity contribution in [1.29, 1.82) is 0 Å². The molecule has 1 aliphatic heterocycles. The maximum Gasteiger partial charge on any atom is 0.123 e. The van der Waals surface area contributed by atoms with E-state index in [1.54, 1.807) is 13.0 Å². The molecular formula is C15H20FNO2. The van der Waals surface area contributed by atoms with Crippen LogP contribution in [-0.2, 0) is 0 Å². The third-order valence-electron chi connectivity index (χ3n) is 4.60. The molecule has 1 saturated heterocycles. The van der Waals surface area contributed by atoms with Gasteiger partial charge < -0.3 is 15.1 Å². The van der Waals surface area contributed by atoms with Crippen molar-refractivity contribution in [3.63, 3.8) is 0 Å². The second-order valence-corrected chi connectivity index (χ2v) is 5.85. The van der Waals surface area contributed by atoms with Crippen LogP contribution in [-0.4, -0.2) is 29.4 Å². The van der Waals surface area contributed by atoms with E-state index in [1.165, 1.54) is 12.1 Å². The van der Waals surface area contributed by atoms with Crippen LogP contribution >= 0.6 is 0 Å². The van der Waals surface area contributed by atoms with E-state index in [2.05, 4.69) is 4.90 Å². The predicted molar refractivity (Wildman–Crippen MR) is 71.5 cm³/mol. The molecule has 4 atom stereocenters. The van der Waals surface area contributed by atoms with Crippen molar-refractivity contribution in [2.45, 2.75) is 32.0 Å². The summed E-state index contributed by atoms with van der Waals surface area (Å²) in [5.41, 5.74) is 1.53. The van der Waals surface area contributed by atoms with E-state index in [9.17, 15) is 14.6 Å². The topological polar surface area (TPSA) is 43.7 Å². The largest absolute Gasteiger partial charge is 0.393 e. The number of halogens is 1. The first-order valence-corrected chi connectivity index (χ1v) is 6.97. The quantitative estimate of drug-likeness (QED) is 0.860. The number of aliphatic hydroxyl groups is 2. The Kier molecular flexibility index (Phi) is 3.23. The van der Waals surface area contributed by atoms with E-state index in [4.69, 9.17) is 0 Å². The molecule has 19 heavy (non-hydrogen) atoms. The van der Waals surface area contributed by atoms with Crippen LogP contribution in [0.1, 0.15) is 31.4 Å². The van der Waals surface area contributed by atoms with Crippen molar-refractivity contribution in [2.75, 3.05) is 18.0 Å². The molecule has 1 heterocycles. The van der Waals surface area contributed by atoms with Crippen molar-refractivity contribution in [1.82, 2.24) is 0 Å². The molecule has 104 valence electrons. The summed E-state index contributed by atoms with van der Waals surface area (Å²) in [6.07, 6.45) is 1.07. The van der Waals surface area contributed by atoms with Gasteiger partial charge in [0.2, 0.25) is 0 Å². The van der Waals surface area contributed by atoms with Crippen LogP contribution < -0.4 is 4.90 Å². The standard InChI is InChI=1S/C15H20FNO2/c1-9(18)12-6-11(16)3-4-14(12)17-7-10-2-5-15(19)13(10)8-17/h3-4,6,9-10,13,15,18-19H,2,5,7-8H2,1H3. The minimum absolute atomic E-state index is 0.203. The fourth-order valence-corrected chi connectivity index (χ4v) is 3.58. The van der Waals surface area contributed by atoms with Gasteiger partial charge in [-0.2, -0.15) is 0 Å². The molecule has 2 aliphatic rings. The van der Waals surface area contributed by atoms with Gasteiger partial charge >= 0.3 is 0 Å². The maximum absolute atomic E-state index is 13.3. The molecule has 4 heteroatoms. The average molecular weight is 265 g/mol. The molecule has 0 spiro atoms. The highest BCUT2D eigenvalue weighted by atomic mass is 19.1. The molecule has 3 rings (SSSR count). The molecular weight excluding hydrogens is 245 g/mol. The third kappa shape index (κ3) is 2.23. The Morgan fingerprint density at radius 2 is 2.11 bits per heavy atom. The fourth-order valence-electron chi connectivity index (χ4n) is 3.58. The molecule has 3 nitrogen and oxygen atoms in total. The van der Waals surface area contributed by atoms with Gasteiger partial charge in [0, 0.05) is 30.3 Å². The highest BCUT2D eigenvalue weighted by Gasteiger charge is 2.42. The molecule has 1 aromatic rings. The Hall–Kier alpha value is -1.13. The first-order chi connectivity index (χ1) is 9.06. The highest BCUT2D eigenvalue weighted by Crippen LogP contribution is 2.41. The molecule has 0 radical (unpaired) electrons. The van der Waals surface area contributed by atoms with Crippen LogP contribution in [0.5, 0.6) is 0 Å². The zero-order chi connectivity index (χ0) is 13.6. The third-order valence-corrected chi connectivity index (χ3v) is 4.60. The number of hydrogen-bond donors (Lipinski definition) is 2. The van der Waals surface area contributed by atoms with Crippen LogP contribution in [0.25, 0.3) is 0 Å². The zero-order valence-corrected chi connectivity index (χ0v) is 11.1. The van der Waals surface area contributed by atoms with Gasteiger partial charge in [-0.25, -0.2) is 4.39 Å². The summed E-state index contributed by atoms with van der Waals surface area (Å²) < 4.78 is 13.3. The van der Waals surface area contributed by atoms with Crippen molar-refractivity contribution in [3.05, 3.63) is 29.6 Å². The normalized spacial score (nSPS) is 31.6. The smallest absolute Gasteiger partial charge is 0.123 e. The average Bonchev–Trinajstić information content (AvgIpc) is 2.92. The Labute approximate surface area is 112 Å². The Balaban J connectivity index is 1.88.